The van der Waals surface area contributed by atoms with Gasteiger partial charge in [0.25, 0.3) is 10.0 Å². The van der Waals surface area contributed by atoms with Crippen molar-refractivity contribution in [2.75, 3.05) is 4.72 Å². The summed E-state index contributed by atoms with van der Waals surface area (Å²) in [6, 6.07) is 9.39. The Kier molecular flexibility index (Phi) is 3.53. The van der Waals surface area contributed by atoms with Crippen LogP contribution in [0.25, 0.3) is 0 Å². The van der Waals surface area contributed by atoms with Gasteiger partial charge in [-0.25, -0.2) is 17.2 Å². The number of halogens is 2. The minimum atomic E-state index is -4.29. The summed E-state index contributed by atoms with van der Waals surface area (Å²) in [4.78, 5) is -0.975. The van der Waals surface area contributed by atoms with Gasteiger partial charge in [0.15, 0.2) is 4.90 Å². The molecule has 0 aliphatic carbocycles. The molecule has 0 bridgehead atoms. The van der Waals surface area contributed by atoms with Crippen LogP contribution in [0.2, 0.25) is 0 Å². The molecule has 2 aromatic carbocycles. The van der Waals surface area contributed by atoms with E-state index < -0.39 is 26.6 Å². The molecular formula is C13H11F2NO2S. The Labute approximate surface area is 109 Å². The summed E-state index contributed by atoms with van der Waals surface area (Å²) in [5, 5.41) is 0. The second kappa shape index (κ2) is 4.97. The Morgan fingerprint density at radius 1 is 1.00 bits per heavy atom. The third kappa shape index (κ3) is 2.90. The zero-order valence-corrected chi connectivity index (χ0v) is 10.8. The van der Waals surface area contributed by atoms with Crippen LogP contribution in [0.4, 0.5) is 14.5 Å². The predicted molar refractivity (Wildman–Crippen MR) is 68.3 cm³/mol. The Morgan fingerprint density at radius 3 is 2.16 bits per heavy atom. The molecule has 0 aliphatic rings. The predicted octanol–water partition coefficient (Wildman–Crippen LogP) is 3.07. The van der Waals surface area contributed by atoms with Crippen molar-refractivity contribution >= 4 is 15.7 Å². The Hall–Kier alpha value is -1.95. The van der Waals surface area contributed by atoms with E-state index >= 15 is 0 Å². The van der Waals surface area contributed by atoms with Gasteiger partial charge in [-0.05, 0) is 36.8 Å². The number of hydrogen-bond acceptors (Lipinski definition) is 2. The summed E-state index contributed by atoms with van der Waals surface area (Å²) in [5.74, 6) is -2.25. The van der Waals surface area contributed by atoms with E-state index in [9.17, 15) is 17.2 Å². The normalized spacial score (nSPS) is 11.3. The highest BCUT2D eigenvalue weighted by Crippen LogP contribution is 2.22. The van der Waals surface area contributed by atoms with Crippen molar-refractivity contribution in [1.29, 1.82) is 0 Å². The summed E-state index contributed by atoms with van der Waals surface area (Å²) in [6.45, 7) is 1.78. The lowest BCUT2D eigenvalue weighted by Crippen LogP contribution is -2.16. The molecule has 3 nitrogen and oxygen atoms in total. The van der Waals surface area contributed by atoms with Crippen LogP contribution in [-0.2, 0) is 10.0 Å². The molecule has 0 heterocycles. The third-order valence-corrected chi connectivity index (χ3v) is 3.89. The van der Waals surface area contributed by atoms with E-state index in [2.05, 4.69) is 4.72 Å². The fraction of sp³-hybridized carbons (Fsp3) is 0.0769. The van der Waals surface area contributed by atoms with E-state index in [0.29, 0.717) is 0 Å². The lowest BCUT2D eigenvalue weighted by Gasteiger charge is -2.10. The van der Waals surface area contributed by atoms with Gasteiger partial charge in [0.1, 0.15) is 11.6 Å². The smallest absolute Gasteiger partial charge is 0.267 e. The van der Waals surface area contributed by atoms with Crippen molar-refractivity contribution in [3.63, 3.8) is 0 Å². The molecule has 19 heavy (non-hydrogen) atoms. The molecule has 2 aromatic rings. The first kappa shape index (κ1) is 13.5. The van der Waals surface area contributed by atoms with E-state index in [0.717, 1.165) is 23.8 Å². The summed E-state index contributed by atoms with van der Waals surface area (Å²) < 4.78 is 53.0. The van der Waals surface area contributed by atoms with Gasteiger partial charge >= 0.3 is 0 Å². The van der Waals surface area contributed by atoms with E-state index in [1.807, 2.05) is 0 Å². The number of benzene rings is 2. The Bertz CT molecular complexity index is 694. The Balaban J connectivity index is 2.44. The molecule has 0 aromatic heterocycles. The van der Waals surface area contributed by atoms with Crippen LogP contribution in [0.1, 0.15) is 5.56 Å². The van der Waals surface area contributed by atoms with E-state index in [1.54, 1.807) is 25.1 Å². The highest BCUT2D eigenvalue weighted by atomic mass is 32.2. The largest absolute Gasteiger partial charge is 0.279 e. The number of sulfonamides is 1. The zero-order chi connectivity index (χ0) is 14.0. The molecule has 2 rings (SSSR count). The van der Waals surface area contributed by atoms with Gasteiger partial charge in [0.2, 0.25) is 0 Å². The number of anilines is 1. The molecule has 0 radical (unpaired) electrons. The minimum absolute atomic E-state index is 0.252. The van der Waals surface area contributed by atoms with Gasteiger partial charge in [-0.2, -0.15) is 0 Å². The van der Waals surface area contributed by atoms with Gasteiger partial charge in [-0.3, -0.25) is 4.72 Å². The SMILES string of the molecule is Cc1cccc(NS(=O)(=O)c2c(F)cccc2F)c1. The van der Waals surface area contributed by atoms with E-state index in [-0.39, 0.29) is 5.69 Å². The highest BCUT2D eigenvalue weighted by Gasteiger charge is 2.23. The van der Waals surface area contributed by atoms with E-state index in [1.165, 1.54) is 6.07 Å². The maximum absolute atomic E-state index is 13.5. The molecule has 0 amide bonds. The number of aryl methyl sites for hydroxylation is 1. The molecule has 6 heteroatoms. The number of rotatable bonds is 3. The Morgan fingerprint density at radius 2 is 1.58 bits per heavy atom. The minimum Gasteiger partial charge on any atom is -0.279 e. The molecule has 0 aliphatic heterocycles. The first-order chi connectivity index (χ1) is 8.90. The van der Waals surface area contributed by atoms with Crippen molar-refractivity contribution in [3.8, 4) is 0 Å². The van der Waals surface area contributed by atoms with Crippen LogP contribution >= 0.6 is 0 Å². The van der Waals surface area contributed by atoms with Crippen molar-refractivity contribution in [3.05, 3.63) is 59.7 Å². The van der Waals surface area contributed by atoms with Crippen LogP contribution in [0, 0.1) is 18.6 Å². The van der Waals surface area contributed by atoms with Crippen molar-refractivity contribution in [1.82, 2.24) is 0 Å². The zero-order valence-electron chi connectivity index (χ0n) is 10.0. The first-order valence-electron chi connectivity index (χ1n) is 5.43. The number of nitrogens with one attached hydrogen (secondary N) is 1. The molecule has 0 spiro atoms. The molecule has 1 N–H and O–H groups in total. The highest BCUT2D eigenvalue weighted by molar-refractivity contribution is 7.92. The van der Waals surface area contributed by atoms with Crippen LogP contribution in [0.15, 0.2) is 47.4 Å². The summed E-state index contributed by atoms with van der Waals surface area (Å²) in [7, 11) is -4.29. The van der Waals surface area contributed by atoms with Crippen LogP contribution in [-0.4, -0.2) is 8.42 Å². The molecule has 0 saturated carbocycles. The average Bonchev–Trinajstić information content (AvgIpc) is 2.27. The van der Waals surface area contributed by atoms with E-state index in [4.69, 9.17) is 0 Å². The maximum Gasteiger partial charge on any atom is 0.267 e. The molecule has 0 unspecified atom stereocenters. The van der Waals surface area contributed by atoms with Crippen molar-refractivity contribution in [2.24, 2.45) is 0 Å². The molecular weight excluding hydrogens is 272 g/mol. The maximum atomic E-state index is 13.5. The third-order valence-electron chi connectivity index (χ3n) is 2.46. The van der Waals surface area contributed by atoms with Crippen molar-refractivity contribution < 1.29 is 17.2 Å². The van der Waals surface area contributed by atoms with Crippen LogP contribution in [0.3, 0.4) is 0 Å². The topological polar surface area (TPSA) is 46.2 Å². The first-order valence-corrected chi connectivity index (χ1v) is 6.92. The van der Waals surface area contributed by atoms with Gasteiger partial charge in [-0.15, -0.1) is 0 Å². The monoisotopic (exact) mass is 283 g/mol. The van der Waals surface area contributed by atoms with Gasteiger partial charge in [0, 0.05) is 5.69 Å². The second-order valence-electron chi connectivity index (χ2n) is 4.03. The van der Waals surface area contributed by atoms with Gasteiger partial charge in [-0.1, -0.05) is 18.2 Å². The quantitative estimate of drug-likeness (QED) is 0.941. The summed E-state index contributed by atoms with van der Waals surface area (Å²) in [6.07, 6.45) is 0. The van der Waals surface area contributed by atoms with Gasteiger partial charge in [0.05, 0.1) is 0 Å². The fourth-order valence-electron chi connectivity index (χ4n) is 1.65. The number of hydrogen-bond donors (Lipinski definition) is 1. The molecule has 0 saturated heterocycles. The van der Waals surface area contributed by atoms with Crippen LogP contribution < -0.4 is 4.72 Å². The lowest BCUT2D eigenvalue weighted by molar-refractivity contribution is 0.521. The molecule has 0 fully saturated rings. The lowest BCUT2D eigenvalue weighted by atomic mass is 10.2. The molecule has 100 valence electrons. The molecule has 0 atom stereocenters. The fourth-order valence-corrected chi connectivity index (χ4v) is 2.84. The summed E-state index contributed by atoms with van der Waals surface area (Å²) >= 11 is 0. The second-order valence-corrected chi connectivity index (χ2v) is 5.65. The standard InChI is InChI=1S/C13H11F2NO2S/c1-9-4-2-5-10(8-9)16-19(17,18)13-11(14)6-3-7-12(13)15/h2-8,16H,1H3. The van der Waals surface area contributed by atoms with Gasteiger partial charge < -0.3 is 0 Å². The average molecular weight is 283 g/mol. The summed E-state index contributed by atoms with van der Waals surface area (Å²) in [5.41, 5.74) is 1.08. The van der Waals surface area contributed by atoms with Crippen molar-refractivity contribution in [2.45, 2.75) is 11.8 Å². The van der Waals surface area contributed by atoms with Crippen LogP contribution in [0.5, 0.6) is 0 Å².